The van der Waals surface area contributed by atoms with Gasteiger partial charge in [0.2, 0.25) is 5.13 Å². The van der Waals surface area contributed by atoms with Crippen LogP contribution in [0.15, 0.2) is 29.8 Å². The number of benzene rings is 1. The molecule has 1 heterocycles. The van der Waals surface area contributed by atoms with Gasteiger partial charge in [-0.15, -0.1) is 10.2 Å². The topological polar surface area (TPSA) is 122 Å². The van der Waals surface area contributed by atoms with E-state index in [2.05, 4.69) is 15.5 Å². The Morgan fingerprint density at radius 1 is 1.42 bits per heavy atom. The molecule has 124 valence electrons. The van der Waals surface area contributed by atoms with Gasteiger partial charge in [-0.1, -0.05) is 23.5 Å². The normalized spacial score (nSPS) is 11.6. The lowest BCUT2D eigenvalue weighted by atomic mass is 10.1. The summed E-state index contributed by atoms with van der Waals surface area (Å²) in [7, 11) is -3.66. The van der Waals surface area contributed by atoms with Crippen LogP contribution in [-0.2, 0) is 14.9 Å². The molecule has 1 N–H and O–H groups in total. The van der Waals surface area contributed by atoms with Crippen molar-refractivity contribution >= 4 is 38.6 Å². The van der Waals surface area contributed by atoms with E-state index in [-0.39, 0.29) is 16.5 Å². The smallest absolute Gasteiger partial charge is 0.306 e. The molecule has 0 spiro atoms. The van der Waals surface area contributed by atoms with Gasteiger partial charge >= 0.3 is 10.1 Å². The van der Waals surface area contributed by atoms with Crippen molar-refractivity contribution in [3.63, 3.8) is 0 Å². The summed E-state index contributed by atoms with van der Waals surface area (Å²) in [5.74, 6) is -0.549. The maximum Gasteiger partial charge on any atom is 0.306 e. The van der Waals surface area contributed by atoms with E-state index in [9.17, 15) is 13.2 Å². The first-order valence-electron chi connectivity index (χ1n) is 6.49. The Morgan fingerprint density at radius 3 is 2.75 bits per heavy atom. The minimum Gasteiger partial charge on any atom is -0.383 e. The maximum atomic E-state index is 12.1. The summed E-state index contributed by atoms with van der Waals surface area (Å²) < 4.78 is 27.0. The van der Waals surface area contributed by atoms with E-state index in [4.69, 9.17) is 9.44 Å². The molecular formula is C14H12N4O4S2. The van der Waals surface area contributed by atoms with Gasteiger partial charge < -0.3 is 4.18 Å². The van der Waals surface area contributed by atoms with Gasteiger partial charge in [-0.3, -0.25) is 10.1 Å². The molecular weight excluding hydrogens is 352 g/mol. The molecule has 0 aliphatic heterocycles. The number of nitrogens with one attached hydrogen (secondary N) is 1. The van der Waals surface area contributed by atoms with Crippen molar-refractivity contribution < 1.29 is 17.4 Å². The van der Waals surface area contributed by atoms with Crippen LogP contribution in [0.5, 0.6) is 5.75 Å². The summed E-state index contributed by atoms with van der Waals surface area (Å²) >= 11 is 1.18. The monoisotopic (exact) mass is 364 g/mol. The molecule has 0 aliphatic rings. The van der Waals surface area contributed by atoms with Gasteiger partial charge in [-0.2, -0.15) is 13.7 Å². The van der Waals surface area contributed by atoms with Gasteiger partial charge in [-0.25, -0.2) is 0 Å². The predicted molar refractivity (Wildman–Crippen MR) is 88.8 cm³/mol. The third-order valence-corrected chi connectivity index (χ3v) is 3.78. The third kappa shape index (κ3) is 5.15. The van der Waals surface area contributed by atoms with Gasteiger partial charge in [-0.05, 0) is 30.7 Å². The minimum absolute atomic E-state index is 0.0868. The van der Waals surface area contributed by atoms with Crippen LogP contribution in [0.3, 0.4) is 0 Å². The number of carbonyl (C=O) groups is 1. The van der Waals surface area contributed by atoms with Crippen LogP contribution < -0.4 is 9.50 Å². The fourth-order valence-electron chi connectivity index (χ4n) is 1.66. The summed E-state index contributed by atoms with van der Waals surface area (Å²) in [6, 6.07) is 7.80. The molecule has 0 aliphatic carbocycles. The van der Waals surface area contributed by atoms with Gasteiger partial charge in [0.1, 0.15) is 22.4 Å². The molecule has 1 aromatic carbocycles. The molecule has 2 aromatic rings. The second kappa shape index (κ2) is 7.20. The van der Waals surface area contributed by atoms with Crippen LogP contribution in [0.2, 0.25) is 0 Å². The Morgan fingerprint density at radius 2 is 2.17 bits per heavy atom. The average Bonchev–Trinajstić information content (AvgIpc) is 2.88. The lowest BCUT2D eigenvalue weighted by Crippen LogP contribution is -2.13. The van der Waals surface area contributed by atoms with Crippen LogP contribution in [0.4, 0.5) is 5.13 Å². The van der Waals surface area contributed by atoms with Crippen molar-refractivity contribution in [2.24, 2.45) is 0 Å². The zero-order valence-electron chi connectivity index (χ0n) is 12.7. The molecule has 8 nitrogen and oxygen atoms in total. The molecule has 1 amide bonds. The fraction of sp³-hybridized carbons (Fsp3) is 0.143. The van der Waals surface area contributed by atoms with Crippen molar-refractivity contribution in [2.45, 2.75) is 6.92 Å². The van der Waals surface area contributed by atoms with Crippen molar-refractivity contribution in [2.75, 3.05) is 11.6 Å². The largest absolute Gasteiger partial charge is 0.383 e. The maximum absolute atomic E-state index is 12.1. The number of hydrogen-bond acceptors (Lipinski definition) is 8. The molecule has 0 atom stereocenters. The molecule has 0 radical (unpaired) electrons. The molecule has 0 saturated heterocycles. The van der Waals surface area contributed by atoms with Crippen LogP contribution in [-0.4, -0.2) is 30.8 Å². The predicted octanol–water partition coefficient (Wildman–Crippen LogP) is 1.73. The second-order valence-electron chi connectivity index (χ2n) is 4.61. The number of nitrogens with zero attached hydrogens (tertiary/aromatic N) is 3. The van der Waals surface area contributed by atoms with Crippen molar-refractivity contribution in [1.29, 1.82) is 5.26 Å². The van der Waals surface area contributed by atoms with Gasteiger partial charge in [0, 0.05) is 0 Å². The zero-order chi connectivity index (χ0) is 17.7. The highest BCUT2D eigenvalue weighted by Crippen LogP contribution is 2.19. The van der Waals surface area contributed by atoms with E-state index in [1.54, 1.807) is 25.1 Å². The molecule has 0 bridgehead atoms. The Kier molecular flexibility index (Phi) is 5.28. The molecule has 2 rings (SSSR count). The van der Waals surface area contributed by atoms with Crippen molar-refractivity contribution in [1.82, 2.24) is 10.2 Å². The number of hydrogen-bond donors (Lipinski definition) is 1. The summed E-state index contributed by atoms with van der Waals surface area (Å²) in [4.78, 5) is 12.1. The van der Waals surface area contributed by atoms with E-state index in [1.807, 2.05) is 0 Å². The number of nitriles is 1. The van der Waals surface area contributed by atoms with Crippen LogP contribution in [0.25, 0.3) is 6.08 Å². The minimum atomic E-state index is -3.66. The summed E-state index contributed by atoms with van der Waals surface area (Å²) in [5, 5.41) is 20.1. The van der Waals surface area contributed by atoms with Crippen LogP contribution in [0.1, 0.15) is 10.6 Å². The van der Waals surface area contributed by atoms with E-state index in [0.29, 0.717) is 10.6 Å². The highest BCUT2D eigenvalue weighted by atomic mass is 32.2. The Hall–Kier alpha value is -2.77. The first-order chi connectivity index (χ1) is 11.3. The third-order valence-electron chi connectivity index (χ3n) is 2.53. The average molecular weight is 364 g/mol. The molecule has 0 saturated carbocycles. The van der Waals surface area contributed by atoms with Gasteiger partial charge in [0.05, 0.1) is 6.26 Å². The Balaban J connectivity index is 2.22. The first kappa shape index (κ1) is 17.6. The van der Waals surface area contributed by atoms with E-state index >= 15 is 0 Å². The summed E-state index contributed by atoms with van der Waals surface area (Å²) in [6.07, 6.45) is 2.24. The standard InChI is InChI=1S/C14H12N4O4S2/c1-9-17-18-14(23-9)16-13(19)11(8-15)6-10-4-3-5-12(7-10)22-24(2,20)21/h3-7H,1-2H3,(H,16,18,19)/b11-6+. The quantitative estimate of drug-likeness (QED) is 0.487. The second-order valence-corrected chi connectivity index (χ2v) is 7.37. The van der Waals surface area contributed by atoms with Gasteiger partial charge in [0.15, 0.2) is 0 Å². The number of amides is 1. The van der Waals surface area contributed by atoms with Crippen molar-refractivity contribution in [3.8, 4) is 11.8 Å². The lowest BCUT2D eigenvalue weighted by Gasteiger charge is -2.04. The highest BCUT2D eigenvalue weighted by Gasteiger charge is 2.12. The number of anilines is 1. The highest BCUT2D eigenvalue weighted by molar-refractivity contribution is 7.86. The zero-order valence-corrected chi connectivity index (χ0v) is 14.3. The van der Waals surface area contributed by atoms with Crippen LogP contribution in [0, 0.1) is 18.3 Å². The number of aromatic nitrogens is 2. The Bertz CT molecular complexity index is 942. The van der Waals surface area contributed by atoms with Crippen LogP contribution >= 0.6 is 11.3 Å². The van der Waals surface area contributed by atoms with E-state index in [1.165, 1.54) is 29.5 Å². The Labute approximate surface area is 142 Å². The lowest BCUT2D eigenvalue weighted by molar-refractivity contribution is -0.112. The molecule has 24 heavy (non-hydrogen) atoms. The molecule has 0 fully saturated rings. The summed E-state index contributed by atoms with van der Waals surface area (Å²) in [6.45, 7) is 1.74. The van der Waals surface area contributed by atoms with E-state index in [0.717, 1.165) is 6.26 Å². The SMILES string of the molecule is Cc1nnc(NC(=O)/C(C#N)=C/c2cccc(OS(C)(=O)=O)c2)s1. The molecule has 0 unspecified atom stereocenters. The van der Waals surface area contributed by atoms with E-state index < -0.39 is 16.0 Å². The van der Waals surface area contributed by atoms with Gasteiger partial charge in [0.25, 0.3) is 5.91 Å². The first-order valence-corrected chi connectivity index (χ1v) is 9.13. The molecule has 1 aromatic heterocycles. The number of rotatable bonds is 5. The van der Waals surface area contributed by atoms with Crippen molar-refractivity contribution in [3.05, 3.63) is 40.4 Å². The number of aryl methyl sites for hydroxylation is 1. The number of carbonyl (C=O) groups excluding carboxylic acids is 1. The summed E-state index contributed by atoms with van der Waals surface area (Å²) in [5.41, 5.74) is 0.274. The molecule has 10 heteroatoms. The fourth-order valence-corrected chi connectivity index (χ4v) is 2.70.